The van der Waals surface area contributed by atoms with E-state index in [2.05, 4.69) is 60.2 Å². The van der Waals surface area contributed by atoms with E-state index in [9.17, 15) is 0 Å². The molecule has 0 amide bonds. The summed E-state index contributed by atoms with van der Waals surface area (Å²) in [7, 11) is 0. The standard InChI is InChI=1S/C14H17BrN2/c1-4-10-8-12(16-5-2)11-7-6-9(3)13(15)14(11)17-10/h6-8H,4-5H2,1-3H3,(H,16,17). The first-order valence-corrected chi connectivity index (χ1v) is 6.79. The molecule has 0 atom stereocenters. The van der Waals surface area contributed by atoms with Gasteiger partial charge in [0.05, 0.1) is 5.52 Å². The highest BCUT2D eigenvalue weighted by molar-refractivity contribution is 9.10. The van der Waals surface area contributed by atoms with Gasteiger partial charge in [-0.3, -0.25) is 4.98 Å². The highest BCUT2D eigenvalue weighted by Gasteiger charge is 2.09. The molecule has 0 aliphatic carbocycles. The van der Waals surface area contributed by atoms with Gasteiger partial charge >= 0.3 is 0 Å². The summed E-state index contributed by atoms with van der Waals surface area (Å²) in [6, 6.07) is 6.41. The smallest absolute Gasteiger partial charge is 0.0870 e. The predicted octanol–water partition coefficient (Wildman–Crippen LogP) is 4.30. The number of anilines is 1. The summed E-state index contributed by atoms with van der Waals surface area (Å²) >= 11 is 3.64. The van der Waals surface area contributed by atoms with Gasteiger partial charge in [0.1, 0.15) is 0 Å². The minimum absolute atomic E-state index is 0.924. The van der Waals surface area contributed by atoms with Crippen LogP contribution in [0, 0.1) is 6.92 Å². The van der Waals surface area contributed by atoms with E-state index in [0.717, 1.165) is 28.6 Å². The zero-order valence-electron chi connectivity index (χ0n) is 10.5. The third kappa shape index (κ3) is 2.29. The summed E-state index contributed by atoms with van der Waals surface area (Å²) < 4.78 is 1.10. The SMILES string of the molecule is CCNc1cc(CC)nc2c(Br)c(C)ccc12. The molecule has 1 heterocycles. The van der Waals surface area contributed by atoms with Gasteiger partial charge in [-0.2, -0.15) is 0 Å². The van der Waals surface area contributed by atoms with Gasteiger partial charge in [0, 0.05) is 27.8 Å². The first-order valence-electron chi connectivity index (χ1n) is 6.00. The summed E-state index contributed by atoms with van der Waals surface area (Å²) in [6.45, 7) is 7.26. The molecular weight excluding hydrogens is 276 g/mol. The quantitative estimate of drug-likeness (QED) is 0.912. The van der Waals surface area contributed by atoms with Gasteiger partial charge < -0.3 is 5.32 Å². The minimum Gasteiger partial charge on any atom is -0.385 e. The number of hydrogen-bond acceptors (Lipinski definition) is 2. The average molecular weight is 293 g/mol. The monoisotopic (exact) mass is 292 g/mol. The summed E-state index contributed by atoms with van der Waals surface area (Å²) in [5, 5.41) is 4.59. The normalized spacial score (nSPS) is 10.8. The molecule has 1 N–H and O–H groups in total. The molecule has 2 nitrogen and oxygen atoms in total. The Balaban J connectivity index is 2.76. The maximum absolute atomic E-state index is 4.71. The Bertz CT molecular complexity index is 549. The van der Waals surface area contributed by atoms with Gasteiger partial charge in [-0.25, -0.2) is 0 Å². The Morgan fingerprint density at radius 1 is 1.29 bits per heavy atom. The summed E-state index contributed by atoms with van der Waals surface area (Å²) in [5.74, 6) is 0. The van der Waals surface area contributed by atoms with Crippen LogP contribution in [0.2, 0.25) is 0 Å². The van der Waals surface area contributed by atoms with Crippen molar-refractivity contribution in [3.8, 4) is 0 Å². The Labute approximate surface area is 111 Å². The maximum atomic E-state index is 4.71. The zero-order valence-corrected chi connectivity index (χ0v) is 12.1. The van der Waals surface area contributed by atoms with Crippen molar-refractivity contribution < 1.29 is 0 Å². The molecule has 0 spiro atoms. The summed E-state index contributed by atoms with van der Waals surface area (Å²) in [4.78, 5) is 4.71. The van der Waals surface area contributed by atoms with Crippen LogP contribution in [0.3, 0.4) is 0 Å². The number of nitrogens with zero attached hydrogens (tertiary/aromatic N) is 1. The van der Waals surface area contributed by atoms with Crippen LogP contribution in [0.5, 0.6) is 0 Å². The Morgan fingerprint density at radius 3 is 2.71 bits per heavy atom. The fourth-order valence-corrected chi connectivity index (χ4v) is 2.36. The molecule has 0 saturated carbocycles. The Kier molecular flexibility index (Phi) is 3.67. The molecule has 0 radical (unpaired) electrons. The lowest BCUT2D eigenvalue weighted by Gasteiger charge is -2.12. The van der Waals surface area contributed by atoms with Crippen LogP contribution in [0.1, 0.15) is 25.1 Å². The van der Waals surface area contributed by atoms with Crippen molar-refractivity contribution in [2.24, 2.45) is 0 Å². The molecule has 3 heteroatoms. The van der Waals surface area contributed by atoms with E-state index >= 15 is 0 Å². The molecule has 0 unspecified atom stereocenters. The van der Waals surface area contributed by atoms with Gasteiger partial charge in [0.15, 0.2) is 0 Å². The highest BCUT2D eigenvalue weighted by atomic mass is 79.9. The lowest BCUT2D eigenvalue weighted by molar-refractivity contribution is 1.05. The molecule has 2 rings (SSSR count). The van der Waals surface area contributed by atoms with Crippen LogP contribution in [0.25, 0.3) is 10.9 Å². The molecule has 0 aliphatic rings. The molecule has 90 valence electrons. The maximum Gasteiger partial charge on any atom is 0.0870 e. The van der Waals surface area contributed by atoms with Crippen molar-refractivity contribution in [2.45, 2.75) is 27.2 Å². The minimum atomic E-state index is 0.924. The number of hydrogen-bond donors (Lipinski definition) is 1. The second kappa shape index (κ2) is 5.05. The van der Waals surface area contributed by atoms with Gasteiger partial charge in [0.2, 0.25) is 0 Å². The van der Waals surface area contributed by atoms with Crippen LogP contribution in [-0.2, 0) is 6.42 Å². The largest absolute Gasteiger partial charge is 0.385 e. The first kappa shape index (κ1) is 12.4. The average Bonchev–Trinajstić information content (AvgIpc) is 2.34. The van der Waals surface area contributed by atoms with E-state index in [4.69, 9.17) is 4.98 Å². The van der Waals surface area contributed by atoms with Crippen molar-refractivity contribution in [1.29, 1.82) is 0 Å². The van der Waals surface area contributed by atoms with E-state index in [-0.39, 0.29) is 0 Å². The van der Waals surface area contributed by atoms with Crippen LogP contribution in [-0.4, -0.2) is 11.5 Å². The number of pyridine rings is 1. The zero-order chi connectivity index (χ0) is 12.4. The lowest BCUT2D eigenvalue weighted by atomic mass is 10.1. The van der Waals surface area contributed by atoms with Crippen molar-refractivity contribution in [2.75, 3.05) is 11.9 Å². The van der Waals surface area contributed by atoms with Crippen LogP contribution in [0.15, 0.2) is 22.7 Å². The lowest BCUT2D eigenvalue weighted by Crippen LogP contribution is -2.01. The Hall–Kier alpha value is -1.09. The van der Waals surface area contributed by atoms with E-state index in [1.807, 2.05) is 0 Å². The fraction of sp³-hybridized carbons (Fsp3) is 0.357. The molecule has 17 heavy (non-hydrogen) atoms. The van der Waals surface area contributed by atoms with Crippen LogP contribution >= 0.6 is 15.9 Å². The van der Waals surface area contributed by atoms with Gasteiger partial charge in [-0.15, -0.1) is 0 Å². The van der Waals surface area contributed by atoms with E-state index in [0.29, 0.717) is 0 Å². The molecule has 0 saturated heterocycles. The second-order valence-corrected chi connectivity index (χ2v) is 4.93. The first-order chi connectivity index (χ1) is 8.17. The summed E-state index contributed by atoms with van der Waals surface area (Å²) in [5.41, 5.74) is 4.58. The van der Waals surface area contributed by atoms with E-state index in [1.54, 1.807) is 0 Å². The van der Waals surface area contributed by atoms with Crippen molar-refractivity contribution in [1.82, 2.24) is 4.98 Å². The topological polar surface area (TPSA) is 24.9 Å². The Morgan fingerprint density at radius 2 is 2.06 bits per heavy atom. The summed E-state index contributed by atoms with van der Waals surface area (Å²) in [6.07, 6.45) is 0.953. The molecule has 1 aromatic carbocycles. The number of aryl methyl sites for hydroxylation is 2. The molecule has 0 fully saturated rings. The van der Waals surface area contributed by atoms with E-state index in [1.165, 1.54) is 16.6 Å². The molecule has 2 aromatic rings. The number of nitrogens with one attached hydrogen (secondary N) is 1. The molecule has 0 bridgehead atoms. The number of benzene rings is 1. The van der Waals surface area contributed by atoms with Crippen LogP contribution in [0.4, 0.5) is 5.69 Å². The third-order valence-corrected chi connectivity index (χ3v) is 3.90. The predicted molar refractivity (Wildman–Crippen MR) is 77.7 cm³/mol. The van der Waals surface area contributed by atoms with Gasteiger partial charge in [-0.1, -0.05) is 19.1 Å². The molecule has 0 aliphatic heterocycles. The third-order valence-electron chi connectivity index (χ3n) is 2.90. The number of rotatable bonds is 3. The number of aromatic nitrogens is 1. The van der Waals surface area contributed by atoms with Gasteiger partial charge in [-0.05, 0) is 47.8 Å². The van der Waals surface area contributed by atoms with Crippen molar-refractivity contribution in [3.63, 3.8) is 0 Å². The molecular formula is C14H17BrN2. The molecule has 1 aromatic heterocycles. The van der Waals surface area contributed by atoms with Crippen molar-refractivity contribution in [3.05, 3.63) is 33.9 Å². The second-order valence-electron chi connectivity index (χ2n) is 4.14. The van der Waals surface area contributed by atoms with E-state index < -0.39 is 0 Å². The van der Waals surface area contributed by atoms with Crippen LogP contribution < -0.4 is 5.32 Å². The fourth-order valence-electron chi connectivity index (χ4n) is 1.93. The number of halogens is 1. The van der Waals surface area contributed by atoms with Gasteiger partial charge in [0.25, 0.3) is 0 Å². The number of fused-ring (bicyclic) bond motifs is 1. The highest BCUT2D eigenvalue weighted by Crippen LogP contribution is 2.31. The van der Waals surface area contributed by atoms with Crippen molar-refractivity contribution >= 4 is 32.5 Å².